The Bertz CT molecular complexity index is 1020. The van der Waals surface area contributed by atoms with Crippen molar-refractivity contribution in [1.29, 1.82) is 5.26 Å². The van der Waals surface area contributed by atoms with E-state index in [-0.39, 0.29) is 22.7 Å². The third-order valence-electron chi connectivity index (χ3n) is 3.55. The van der Waals surface area contributed by atoms with Crippen LogP contribution in [0.25, 0.3) is 16.5 Å². The van der Waals surface area contributed by atoms with Gasteiger partial charge in [0.1, 0.15) is 22.8 Å². The fraction of sp³-hybridized carbons (Fsp3) is 0.0556. The van der Waals surface area contributed by atoms with Crippen LogP contribution in [0.3, 0.4) is 0 Å². The van der Waals surface area contributed by atoms with E-state index in [1.165, 1.54) is 0 Å². The molecule has 0 spiro atoms. The van der Waals surface area contributed by atoms with Crippen LogP contribution >= 0.6 is 11.6 Å². The van der Waals surface area contributed by atoms with E-state index in [4.69, 9.17) is 11.6 Å². The first kappa shape index (κ1) is 15.8. The zero-order chi connectivity index (χ0) is 17.1. The highest BCUT2D eigenvalue weighted by Crippen LogP contribution is 2.31. The minimum absolute atomic E-state index is 0.0136. The number of allylic oxidation sites excluding steroid dienone is 2. The van der Waals surface area contributed by atoms with Crippen LogP contribution in [-0.2, 0) is 0 Å². The molecule has 0 fully saturated rings. The highest BCUT2D eigenvalue weighted by molar-refractivity contribution is 6.23. The Hall–Kier alpha value is -3.10. The predicted octanol–water partition coefficient (Wildman–Crippen LogP) is 3.70. The van der Waals surface area contributed by atoms with Gasteiger partial charge < -0.3 is 10.1 Å². The number of hydrogen-bond acceptors (Lipinski definition) is 4. The van der Waals surface area contributed by atoms with E-state index >= 15 is 0 Å². The Kier molecular flexibility index (Phi) is 4.32. The summed E-state index contributed by atoms with van der Waals surface area (Å²) >= 11 is 6.26. The Morgan fingerprint density at radius 2 is 1.83 bits per heavy atom. The molecular formula is C18H12ClN3O2. The van der Waals surface area contributed by atoms with Gasteiger partial charge in [0.15, 0.2) is 5.82 Å². The van der Waals surface area contributed by atoms with Crippen molar-refractivity contribution in [3.63, 3.8) is 0 Å². The number of alkyl halides is 1. The van der Waals surface area contributed by atoms with Gasteiger partial charge in [0.2, 0.25) is 0 Å². The lowest BCUT2D eigenvalue weighted by Gasteiger charge is -2.11. The molecule has 3 aromatic rings. The number of nitrogens with one attached hydrogen (secondary N) is 1. The lowest BCUT2D eigenvalue weighted by atomic mass is 10.1. The summed E-state index contributed by atoms with van der Waals surface area (Å²) in [5.41, 5.74) is 0.513. The fourth-order valence-corrected chi connectivity index (χ4v) is 2.60. The molecule has 5 nitrogen and oxygen atoms in total. The summed E-state index contributed by atoms with van der Waals surface area (Å²) in [6.07, 6.45) is 0. The Labute approximate surface area is 142 Å². The van der Waals surface area contributed by atoms with Crippen molar-refractivity contribution in [3.05, 3.63) is 82.1 Å². The van der Waals surface area contributed by atoms with Crippen LogP contribution in [0.15, 0.2) is 65.2 Å². The van der Waals surface area contributed by atoms with Gasteiger partial charge in [-0.2, -0.15) is 5.26 Å². The summed E-state index contributed by atoms with van der Waals surface area (Å²) in [6, 6.07) is 17.5. The number of para-hydroxylation sites is 1. The zero-order valence-corrected chi connectivity index (χ0v) is 13.2. The minimum Gasteiger partial charge on any atom is -0.509 e. The lowest BCUT2D eigenvalue weighted by Crippen LogP contribution is -2.12. The van der Waals surface area contributed by atoms with Crippen LogP contribution in [-0.4, -0.2) is 15.1 Å². The summed E-state index contributed by atoms with van der Waals surface area (Å²) in [6.45, 7) is 0. The SMILES string of the molecule is N#C/C(=C(/O)[C@@H](Cl)c1ccccc1)c1nc2ccccc2c(=O)[nH]1. The van der Waals surface area contributed by atoms with E-state index in [0.29, 0.717) is 16.5 Å². The molecule has 0 bridgehead atoms. The summed E-state index contributed by atoms with van der Waals surface area (Å²) in [7, 11) is 0. The minimum atomic E-state index is -0.919. The van der Waals surface area contributed by atoms with Gasteiger partial charge in [-0.15, -0.1) is 11.6 Å². The number of rotatable bonds is 3. The molecule has 0 aliphatic heterocycles. The van der Waals surface area contributed by atoms with Gasteiger partial charge in [-0.25, -0.2) is 4.98 Å². The van der Waals surface area contributed by atoms with Crippen molar-refractivity contribution in [2.24, 2.45) is 0 Å². The normalized spacial score (nSPS) is 13.2. The summed E-state index contributed by atoms with van der Waals surface area (Å²) in [5, 5.41) is 19.3. The first-order valence-electron chi connectivity index (χ1n) is 7.13. The van der Waals surface area contributed by atoms with Crippen molar-refractivity contribution < 1.29 is 5.11 Å². The average molecular weight is 338 g/mol. The number of halogens is 1. The number of hydrogen-bond donors (Lipinski definition) is 2. The highest BCUT2D eigenvalue weighted by atomic mass is 35.5. The molecule has 1 aromatic heterocycles. The summed E-state index contributed by atoms with van der Waals surface area (Å²) < 4.78 is 0. The molecule has 0 saturated carbocycles. The van der Waals surface area contributed by atoms with Crippen molar-refractivity contribution in [3.8, 4) is 6.07 Å². The molecule has 118 valence electrons. The molecule has 24 heavy (non-hydrogen) atoms. The highest BCUT2D eigenvalue weighted by Gasteiger charge is 2.20. The summed E-state index contributed by atoms with van der Waals surface area (Å²) in [5.74, 6) is -0.371. The van der Waals surface area contributed by atoms with Crippen molar-refractivity contribution in [2.75, 3.05) is 0 Å². The maximum atomic E-state index is 12.1. The number of aliphatic hydroxyl groups is 1. The molecule has 0 unspecified atom stereocenters. The third-order valence-corrected chi connectivity index (χ3v) is 4.01. The average Bonchev–Trinajstić information content (AvgIpc) is 2.62. The summed E-state index contributed by atoms with van der Waals surface area (Å²) in [4.78, 5) is 18.9. The molecule has 0 radical (unpaired) electrons. The number of benzene rings is 2. The van der Waals surface area contributed by atoms with Crippen LogP contribution in [0.5, 0.6) is 0 Å². The second-order valence-corrected chi connectivity index (χ2v) is 5.51. The second-order valence-electron chi connectivity index (χ2n) is 5.08. The number of H-pyrrole nitrogens is 1. The van der Waals surface area contributed by atoms with Gasteiger partial charge >= 0.3 is 0 Å². The molecule has 2 aromatic carbocycles. The van der Waals surface area contributed by atoms with Gasteiger partial charge in [-0.3, -0.25) is 4.79 Å². The molecule has 0 aliphatic carbocycles. The smallest absolute Gasteiger partial charge is 0.259 e. The maximum Gasteiger partial charge on any atom is 0.259 e. The largest absolute Gasteiger partial charge is 0.509 e. The molecule has 1 atom stereocenters. The Balaban J connectivity index is 2.15. The first-order valence-corrected chi connectivity index (χ1v) is 7.57. The van der Waals surface area contributed by atoms with E-state index in [2.05, 4.69) is 9.97 Å². The van der Waals surface area contributed by atoms with Gasteiger partial charge in [-0.05, 0) is 17.7 Å². The molecular weight excluding hydrogens is 326 g/mol. The predicted molar refractivity (Wildman–Crippen MR) is 92.6 cm³/mol. The monoisotopic (exact) mass is 337 g/mol. The van der Waals surface area contributed by atoms with E-state index in [9.17, 15) is 15.2 Å². The number of nitriles is 1. The number of nitrogens with zero attached hydrogens (tertiary/aromatic N) is 2. The van der Waals surface area contributed by atoms with Crippen molar-refractivity contribution >= 4 is 28.1 Å². The molecule has 3 rings (SSSR count). The van der Waals surface area contributed by atoms with Crippen LogP contribution in [0, 0.1) is 11.3 Å². The van der Waals surface area contributed by atoms with Gasteiger partial charge in [-0.1, -0.05) is 42.5 Å². The zero-order valence-electron chi connectivity index (χ0n) is 12.4. The van der Waals surface area contributed by atoms with E-state index in [1.807, 2.05) is 12.1 Å². The Morgan fingerprint density at radius 3 is 2.54 bits per heavy atom. The Morgan fingerprint density at radius 1 is 1.17 bits per heavy atom. The van der Waals surface area contributed by atoms with Crippen LogP contribution in [0.1, 0.15) is 16.8 Å². The first-order chi connectivity index (χ1) is 11.6. The lowest BCUT2D eigenvalue weighted by molar-refractivity contribution is 0.397. The number of aliphatic hydroxyl groups excluding tert-OH is 1. The van der Waals surface area contributed by atoms with Gasteiger partial charge in [0, 0.05) is 0 Å². The standard InChI is InChI=1S/C18H12ClN3O2/c19-15(11-6-2-1-3-7-11)16(23)13(10-20)17-21-14-9-5-4-8-12(14)18(24)22-17/h1-9,15,23H,(H,21,22,24)/b16-13-/t15-/m0/s1. The number of aromatic amines is 1. The molecule has 1 heterocycles. The van der Waals surface area contributed by atoms with Crippen molar-refractivity contribution in [1.82, 2.24) is 9.97 Å². The number of aromatic nitrogens is 2. The second kappa shape index (κ2) is 6.57. The topological polar surface area (TPSA) is 89.8 Å². The van der Waals surface area contributed by atoms with Crippen LogP contribution < -0.4 is 5.56 Å². The van der Waals surface area contributed by atoms with Crippen LogP contribution in [0.4, 0.5) is 0 Å². The molecule has 0 saturated heterocycles. The molecule has 2 N–H and O–H groups in total. The maximum absolute atomic E-state index is 12.1. The van der Waals surface area contributed by atoms with Crippen LogP contribution in [0.2, 0.25) is 0 Å². The van der Waals surface area contributed by atoms with E-state index in [1.54, 1.807) is 48.5 Å². The van der Waals surface area contributed by atoms with Crippen molar-refractivity contribution in [2.45, 2.75) is 5.38 Å². The van der Waals surface area contributed by atoms with E-state index in [0.717, 1.165) is 0 Å². The van der Waals surface area contributed by atoms with Gasteiger partial charge in [0.25, 0.3) is 5.56 Å². The number of fused-ring (bicyclic) bond motifs is 1. The third kappa shape index (κ3) is 2.87. The molecule has 0 aliphatic rings. The molecule has 0 amide bonds. The van der Waals surface area contributed by atoms with E-state index < -0.39 is 5.38 Å². The fourth-order valence-electron chi connectivity index (χ4n) is 2.34. The van der Waals surface area contributed by atoms with Gasteiger partial charge in [0.05, 0.1) is 10.9 Å². The quantitative estimate of drug-likeness (QED) is 0.433. The molecule has 6 heteroatoms.